The summed E-state index contributed by atoms with van der Waals surface area (Å²) in [5, 5.41) is 44.7. The van der Waals surface area contributed by atoms with Crippen LogP contribution in [0.5, 0.6) is 0 Å². The van der Waals surface area contributed by atoms with E-state index in [-0.39, 0.29) is 21.7 Å². The van der Waals surface area contributed by atoms with Crippen LogP contribution in [-0.2, 0) is 28.1 Å². The summed E-state index contributed by atoms with van der Waals surface area (Å²) in [6, 6.07) is 122. The van der Waals surface area contributed by atoms with E-state index in [0.717, 1.165) is 186 Å². The Hall–Kier alpha value is -17.0. The SMILES string of the molecule is Cc1ccc2c(c1)c1cc(C)ccc1n2-c1cncc(-n2c3ccc(C)cc3c3cc(CCC(C)(C)c4ccc5c6ccccc6n(-c6cncc(-n7c8ccccc8c8ccc(C(C)(C)CCC(C)(C)c9ccc%10c(c9)c9ccccc9n%10-c9cncc(-n%10c%11ccccc%11c%11cc(C(C)(C)C)ccc%11%10)c9-c9ccc(C#N)cc9)cc87)c6-c6ccc(C#N)cc6)c5c4)ccc32)c1-c1ccc(C#N)cc1. The van der Waals surface area contributed by atoms with E-state index in [1.807, 2.05) is 73.6 Å². The van der Waals surface area contributed by atoms with Crippen molar-refractivity contribution in [2.24, 2.45) is 0 Å². The van der Waals surface area contributed by atoms with Crippen LogP contribution in [0.25, 0.3) is 198 Å². The number of nitriles is 3. The number of nitrogens with zero attached hydrogens (tertiary/aromatic N) is 12. The van der Waals surface area contributed by atoms with Gasteiger partial charge in [-0.2, -0.15) is 15.8 Å². The Kier molecular flexibility index (Phi) is 20.0. The third kappa shape index (κ3) is 13.9. The van der Waals surface area contributed by atoms with E-state index < -0.39 is 0 Å². The molecule has 674 valence electrons. The zero-order chi connectivity index (χ0) is 95.7. The van der Waals surface area contributed by atoms with Gasteiger partial charge in [0.05, 0.1) is 172 Å². The summed E-state index contributed by atoms with van der Waals surface area (Å²) in [4.78, 5) is 15.7. The van der Waals surface area contributed by atoms with Gasteiger partial charge in [0.1, 0.15) is 0 Å². The summed E-state index contributed by atoms with van der Waals surface area (Å²) in [6.45, 7) is 27.8. The highest BCUT2D eigenvalue weighted by Gasteiger charge is 2.34. The van der Waals surface area contributed by atoms with E-state index in [4.69, 9.17) is 15.0 Å². The van der Waals surface area contributed by atoms with Crippen LogP contribution in [0.15, 0.2) is 353 Å². The third-order valence-corrected chi connectivity index (χ3v) is 30.4. The van der Waals surface area contributed by atoms with E-state index in [1.165, 1.54) is 82.2 Å². The molecule has 24 rings (SSSR count). The molecule has 140 heavy (non-hydrogen) atoms. The molecular formula is C128H102N12. The normalized spacial score (nSPS) is 12.4. The second-order valence-corrected chi connectivity index (χ2v) is 41.5. The quantitative estimate of drug-likeness (QED) is 0.0838. The highest BCUT2D eigenvalue weighted by molar-refractivity contribution is 6.17. The predicted octanol–water partition coefficient (Wildman–Crippen LogP) is 32.2. The number of fused-ring (bicyclic) bond motifs is 18. The molecule has 9 heterocycles. The summed E-state index contributed by atoms with van der Waals surface area (Å²) >= 11 is 0. The lowest BCUT2D eigenvalue weighted by molar-refractivity contribution is 0.375. The largest absolute Gasteiger partial charge is 0.307 e. The number of hydrogen-bond acceptors (Lipinski definition) is 6. The molecule has 0 fully saturated rings. The van der Waals surface area contributed by atoms with Gasteiger partial charge < -0.3 is 27.4 Å². The molecule has 0 aliphatic heterocycles. The smallest absolute Gasteiger partial charge is 0.0991 e. The van der Waals surface area contributed by atoms with Gasteiger partial charge in [0, 0.05) is 81.3 Å². The van der Waals surface area contributed by atoms with Gasteiger partial charge in [0.25, 0.3) is 0 Å². The maximum Gasteiger partial charge on any atom is 0.0991 e. The van der Waals surface area contributed by atoms with E-state index in [9.17, 15) is 15.8 Å². The van der Waals surface area contributed by atoms with E-state index in [2.05, 4.69) is 408 Å². The first-order chi connectivity index (χ1) is 67.9. The van der Waals surface area contributed by atoms with Crippen LogP contribution in [0.2, 0.25) is 0 Å². The Morgan fingerprint density at radius 1 is 0.229 bits per heavy atom. The number of aryl methyl sites for hydroxylation is 4. The standard InChI is InChI=1S/C128H102N12/c1-78-29-51-108-98(61-78)99-62-79(2)30-52-109(99)137(108)118-74-133-75-119(123(118)86-41-34-83(70-130)35-42-86)138-110-53-31-80(3)63-100(110)101-64-81(38-54-111(101)138)57-58-126(7,8)90-45-49-96-92-21-13-17-25-104(92)139(114(96)67-90)120-76-134-77-121(124(120)87-43-36-84(71-131)37-44-87)140-105-26-18-14-22-93(105)97-50-46-91(68-115(97)140)128(11,12)60-59-127(9,10)89-48-56-113-103(66-89)95-24-16-20-28-107(95)136(113)117-73-132-72-116(122(117)85-39-32-82(69-129)33-40-85)135-106-27-19-15-23-94(106)102-65-88(125(4,5)6)47-55-112(102)135/h13-56,61-68,72-77H,57-60H2,1-12H3. The van der Waals surface area contributed by atoms with Crippen molar-refractivity contribution in [1.82, 2.24) is 42.4 Å². The second-order valence-electron chi connectivity index (χ2n) is 41.5. The average Bonchev–Trinajstić information content (AvgIpc) is 1.55. The zero-order valence-electron chi connectivity index (χ0n) is 80.7. The Balaban J connectivity index is 0.575. The Bertz CT molecular complexity index is 9390. The second kappa shape index (κ2) is 32.6. The van der Waals surface area contributed by atoms with Gasteiger partial charge in [-0.15, -0.1) is 0 Å². The molecular weight excluding hydrogens is 1710 g/mol. The molecule has 0 atom stereocenters. The highest BCUT2D eigenvalue weighted by atomic mass is 15.1. The molecule has 0 N–H and O–H groups in total. The van der Waals surface area contributed by atoms with Crippen LogP contribution in [0, 0.1) is 54.8 Å². The number of benzene rings is 15. The number of para-hydroxylation sites is 4. The lowest BCUT2D eigenvalue weighted by Crippen LogP contribution is -2.24. The summed E-state index contributed by atoms with van der Waals surface area (Å²) < 4.78 is 14.5. The molecule has 0 bridgehead atoms. The lowest BCUT2D eigenvalue weighted by atomic mass is 9.72. The van der Waals surface area contributed by atoms with E-state index in [1.54, 1.807) is 0 Å². The fourth-order valence-corrected chi connectivity index (χ4v) is 22.6. The number of aromatic nitrogens is 9. The molecule has 0 spiro atoms. The van der Waals surface area contributed by atoms with Crippen LogP contribution >= 0.6 is 0 Å². The van der Waals surface area contributed by atoms with Gasteiger partial charge in [-0.25, -0.2) is 0 Å². The van der Waals surface area contributed by atoms with Gasteiger partial charge in [-0.1, -0.05) is 249 Å². The molecule has 12 nitrogen and oxygen atoms in total. The first kappa shape index (κ1) is 85.9. The minimum atomic E-state index is -0.303. The number of pyridine rings is 3. The maximum atomic E-state index is 10.4. The fraction of sp³-hybridized carbons (Fsp3) is 0.156. The van der Waals surface area contributed by atoms with Gasteiger partial charge in [-0.3, -0.25) is 15.0 Å². The van der Waals surface area contributed by atoms with Crippen molar-refractivity contribution in [3.05, 3.63) is 414 Å². The van der Waals surface area contributed by atoms with Crippen LogP contribution < -0.4 is 0 Å². The third-order valence-electron chi connectivity index (χ3n) is 30.4. The van der Waals surface area contributed by atoms with Crippen molar-refractivity contribution in [2.75, 3.05) is 0 Å². The monoisotopic (exact) mass is 1810 g/mol. The van der Waals surface area contributed by atoms with Gasteiger partial charge in [-0.05, 0) is 258 Å². The Labute approximate surface area is 813 Å². The van der Waals surface area contributed by atoms with Crippen LogP contribution in [0.4, 0.5) is 0 Å². The van der Waals surface area contributed by atoms with E-state index >= 15 is 0 Å². The van der Waals surface area contributed by atoms with Crippen molar-refractivity contribution in [2.45, 2.75) is 130 Å². The van der Waals surface area contributed by atoms with Crippen LogP contribution in [-0.4, -0.2) is 42.4 Å². The minimum absolute atomic E-state index is 0.0470. The fourth-order valence-electron chi connectivity index (χ4n) is 22.6. The molecule has 0 aliphatic carbocycles. The summed E-state index contributed by atoms with van der Waals surface area (Å²) in [6.07, 6.45) is 15.6. The van der Waals surface area contributed by atoms with Crippen LogP contribution in [0.1, 0.15) is 143 Å². The first-order valence-electron chi connectivity index (χ1n) is 48.6. The molecule has 0 saturated carbocycles. The summed E-state index contributed by atoms with van der Waals surface area (Å²) in [7, 11) is 0. The average molecular weight is 1810 g/mol. The highest BCUT2D eigenvalue weighted by Crippen LogP contribution is 2.51. The molecule has 15 aromatic carbocycles. The molecule has 9 aromatic heterocycles. The molecule has 12 heteroatoms. The number of rotatable bonds is 18. The van der Waals surface area contributed by atoms with Crippen molar-refractivity contribution >= 4 is 131 Å². The van der Waals surface area contributed by atoms with Crippen molar-refractivity contribution in [1.29, 1.82) is 15.8 Å². The van der Waals surface area contributed by atoms with Gasteiger partial charge in [0.15, 0.2) is 0 Å². The van der Waals surface area contributed by atoms with Crippen molar-refractivity contribution < 1.29 is 0 Å². The van der Waals surface area contributed by atoms with Crippen molar-refractivity contribution in [3.8, 4) is 85.7 Å². The van der Waals surface area contributed by atoms with Gasteiger partial charge in [0.2, 0.25) is 0 Å². The molecule has 0 unspecified atom stereocenters. The van der Waals surface area contributed by atoms with Gasteiger partial charge >= 0.3 is 0 Å². The molecule has 0 saturated heterocycles. The summed E-state index contributed by atoms with van der Waals surface area (Å²) in [5.41, 5.74) is 35.4. The summed E-state index contributed by atoms with van der Waals surface area (Å²) in [5.74, 6) is 0. The topological polar surface area (TPSA) is 140 Å². The molecule has 0 aliphatic rings. The lowest BCUT2D eigenvalue weighted by Gasteiger charge is -2.32. The Morgan fingerprint density at radius 2 is 0.479 bits per heavy atom. The predicted molar refractivity (Wildman–Crippen MR) is 579 cm³/mol. The minimum Gasteiger partial charge on any atom is -0.307 e. The molecule has 0 radical (unpaired) electrons. The first-order valence-corrected chi connectivity index (χ1v) is 48.6. The van der Waals surface area contributed by atoms with Crippen LogP contribution in [0.3, 0.4) is 0 Å². The number of hydrogen-bond donors (Lipinski definition) is 0. The Morgan fingerprint density at radius 3 is 0.814 bits per heavy atom. The van der Waals surface area contributed by atoms with Crippen molar-refractivity contribution in [3.63, 3.8) is 0 Å². The molecule has 0 amide bonds. The maximum absolute atomic E-state index is 10.4. The van der Waals surface area contributed by atoms with E-state index in [0.29, 0.717) is 16.7 Å². The molecule has 24 aromatic rings. The zero-order valence-corrected chi connectivity index (χ0v) is 80.7.